The lowest BCUT2D eigenvalue weighted by Gasteiger charge is -2.42. The molecule has 8 nitrogen and oxygen atoms in total. The Morgan fingerprint density at radius 3 is 2.00 bits per heavy atom. The lowest BCUT2D eigenvalue weighted by atomic mass is 9.84. The van der Waals surface area contributed by atoms with Crippen LogP contribution in [0.15, 0.2) is 97.1 Å². The molecule has 9 heteroatoms. The molecule has 2 saturated heterocycles. The van der Waals surface area contributed by atoms with Crippen LogP contribution in [0, 0.1) is 0 Å². The van der Waals surface area contributed by atoms with Crippen molar-refractivity contribution in [2.45, 2.75) is 50.0 Å². The van der Waals surface area contributed by atoms with Crippen LogP contribution >= 0.6 is 11.6 Å². The Kier molecular flexibility index (Phi) is 8.50. The van der Waals surface area contributed by atoms with E-state index in [1.165, 1.54) is 4.90 Å². The van der Waals surface area contributed by atoms with E-state index in [1.54, 1.807) is 36.4 Å². The second-order valence-electron chi connectivity index (χ2n) is 12.3. The Hall–Kier alpha value is -3.89. The second kappa shape index (κ2) is 12.7. The van der Waals surface area contributed by atoms with Gasteiger partial charge in [0.2, 0.25) is 0 Å². The number of benzene rings is 4. The van der Waals surface area contributed by atoms with Crippen molar-refractivity contribution in [2.75, 3.05) is 24.5 Å². The van der Waals surface area contributed by atoms with Crippen molar-refractivity contribution < 1.29 is 29.3 Å². The number of fused-ring (bicyclic) bond motifs is 1. The molecule has 7 rings (SSSR count). The standard InChI is InChI=1S/C37H35ClN2O6/c38-28-13-11-27(12-14-28)37(44)17-19-39(20-18-37)22-30-21-33(25-7-5-24(23-41)6-8-25)46-36(45-30)26-9-15-29(16-10-26)40-34(42)31-3-1-2-4-32(31)35(40)43/h1-16,30,33,36,41,44H,17-23H2. The summed E-state index contributed by atoms with van der Waals surface area (Å²) in [6, 6.07) is 29.2. The monoisotopic (exact) mass is 638 g/mol. The molecule has 3 aliphatic heterocycles. The van der Waals surface area contributed by atoms with E-state index in [1.807, 2.05) is 60.7 Å². The fourth-order valence-corrected chi connectivity index (χ4v) is 6.81. The number of rotatable bonds is 7. The van der Waals surface area contributed by atoms with E-state index in [-0.39, 0.29) is 30.6 Å². The maximum Gasteiger partial charge on any atom is 0.266 e. The van der Waals surface area contributed by atoms with Gasteiger partial charge in [0.1, 0.15) is 0 Å². The third kappa shape index (κ3) is 6.00. The Balaban J connectivity index is 1.08. The number of hydrogen-bond donors (Lipinski definition) is 2. The van der Waals surface area contributed by atoms with Gasteiger partial charge in [0.05, 0.1) is 41.2 Å². The predicted molar refractivity (Wildman–Crippen MR) is 173 cm³/mol. The number of aliphatic hydroxyl groups excluding tert-OH is 1. The van der Waals surface area contributed by atoms with Gasteiger partial charge in [0.25, 0.3) is 11.8 Å². The van der Waals surface area contributed by atoms with Crippen LogP contribution < -0.4 is 4.90 Å². The molecule has 0 bridgehead atoms. The molecule has 3 aliphatic rings. The molecule has 0 aromatic heterocycles. The largest absolute Gasteiger partial charge is 0.392 e. The summed E-state index contributed by atoms with van der Waals surface area (Å²) in [5.41, 5.74) is 3.88. The van der Waals surface area contributed by atoms with E-state index in [9.17, 15) is 19.8 Å². The smallest absolute Gasteiger partial charge is 0.266 e. The first-order valence-corrected chi connectivity index (χ1v) is 16.0. The summed E-state index contributed by atoms with van der Waals surface area (Å²) in [5, 5.41) is 21.6. The van der Waals surface area contributed by atoms with Gasteiger partial charge >= 0.3 is 0 Å². The molecule has 2 amide bonds. The molecule has 3 unspecified atom stereocenters. The Bertz CT molecular complexity index is 1680. The van der Waals surface area contributed by atoms with Gasteiger partial charge in [-0.2, -0.15) is 0 Å². The van der Waals surface area contributed by atoms with E-state index in [0.29, 0.717) is 47.6 Å². The first kappa shape index (κ1) is 30.7. The number of piperidine rings is 1. The Labute approximate surface area is 272 Å². The van der Waals surface area contributed by atoms with Crippen molar-refractivity contribution >= 4 is 29.1 Å². The fourth-order valence-electron chi connectivity index (χ4n) is 6.68. The summed E-state index contributed by atoms with van der Waals surface area (Å²) in [5.74, 6) is -0.677. The predicted octanol–water partition coefficient (Wildman–Crippen LogP) is 6.16. The van der Waals surface area contributed by atoms with Crippen molar-refractivity contribution in [3.8, 4) is 0 Å². The van der Waals surface area contributed by atoms with Crippen molar-refractivity contribution in [2.24, 2.45) is 0 Å². The normalized spacial score (nSPS) is 23.0. The van der Waals surface area contributed by atoms with Crippen molar-refractivity contribution in [1.29, 1.82) is 0 Å². The zero-order valence-electron chi connectivity index (χ0n) is 25.2. The van der Waals surface area contributed by atoms with Crippen molar-refractivity contribution in [3.63, 3.8) is 0 Å². The number of ether oxygens (including phenoxy) is 2. The molecular formula is C37H35ClN2O6. The number of imide groups is 1. The van der Waals surface area contributed by atoms with Gasteiger partial charge < -0.3 is 24.6 Å². The van der Waals surface area contributed by atoms with Gasteiger partial charge in [-0.25, -0.2) is 4.90 Å². The quantitative estimate of drug-likeness (QED) is 0.234. The molecule has 0 spiro atoms. The van der Waals surface area contributed by atoms with Gasteiger partial charge in [0.15, 0.2) is 6.29 Å². The number of anilines is 1. The van der Waals surface area contributed by atoms with Crippen LogP contribution in [0.4, 0.5) is 5.69 Å². The number of carbonyl (C=O) groups excluding carboxylic acids is 2. The highest BCUT2D eigenvalue weighted by Gasteiger charge is 2.39. The van der Waals surface area contributed by atoms with Crippen LogP contribution in [0.25, 0.3) is 0 Å². The number of hydrogen-bond acceptors (Lipinski definition) is 7. The molecule has 2 fully saturated rings. The highest BCUT2D eigenvalue weighted by molar-refractivity contribution is 6.34. The zero-order valence-corrected chi connectivity index (χ0v) is 26.0. The lowest BCUT2D eigenvalue weighted by Crippen LogP contribution is -2.46. The molecule has 4 aromatic carbocycles. The minimum atomic E-state index is -0.891. The molecule has 0 saturated carbocycles. The summed E-state index contributed by atoms with van der Waals surface area (Å²) in [6.45, 7) is 2.08. The molecule has 0 radical (unpaired) electrons. The SMILES string of the molecule is O=C1c2ccccc2C(=O)N1c1ccc(C2OC(CN3CCC(O)(c4ccc(Cl)cc4)CC3)CC(c3ccc(CO)cc3)O2)cc1. The molecule has 2 N–H and O–H groups in total. The van der Waals surface area contributed by atoms with Gasteiger partial charge in [-0.1, -0.05) is 72.3 Å². The van der Waals surface area contributed by atoms with E-state index in [4.69, 9.17) is 21.1 Å². The first-order chi connectivity index (χ1) is 22.3. The molecule has 3 atom stereocenters. The fraction of sp³-hybridized carbons (Fsp3) is 0.297. The van der Waals surface area contributed by atoms with Gasteiger partial charge in [0, 0.05) is 36.6 Å². The summed E-state index contributed by atoms with van der Waals surface area (Å²) >= 11 is 6.07. The summed E-state index contributed by atoms with van der Waals surface area (Å²) in [4.78, 5) is 29.6. The Morgan fingerprint density at radius 2 is 1.39 bits per heavy atom. The molecule has 0 aliphatic carbocycles. The van der Waals surface area contributed by atoms with Crippen LogP contribution in [0.1, 0.15) is 74.6 Å². The minimum Gasteiger partial charge on any atom is -0.392 e. The van der Waals surface area contributed by atoms with E-state index >= 15 is 0 Å². The van der Waals surface area contributed by atoms with Crippen LogP contribution in [0.5, 0.6) is 0 Å². The van der Waals surface area contributed by atoms with E-state index in [2.05, 4.69) is 4.90 Å². The van der Waals surface area contributed by atoms with Gasteiger partial charge in [-0.15, -0.1) is 0 Å². The minimum absolute atomic E-state index is 0.0308. The third-order valence-corrected chi connectivity index (χ3v) is 9.61. The zero-order chi connectivity index (χ0) is 31.8. The van der Waals surface area contributed by atoms with Gasteiger partial charge in [-0.3, -0.25) is 9.59 Å². The number of carbonyl (C=O) groups is 2. The number of halogens is 1. The highest BCUT2D eigenvalue weighted by Crippen LogP contribution is 2.40. The maximum absolute atomic E-state index is 13.0. The molecule has 4 aromatic rings. The lowest BCUT2D eigenvalue weighted by molar-refractivity contribution is -0.253. The van der Waals surface area contributed by atoms with Gasteiger partial charge in [-0.05, 0) is 65.9 Å². The van der Waals surface area contributed by atoms with Crippen molar-refractivity contribution in [1.82, 2.24) is 4.90 Å². The first-order valence-electron chi connectivity index (χ1n) is 15.6. The number of likely N-dealkylation sites (tertiary alicyclic amines) is 1. The topological polar surface area (TPSA) is 99.5 Å². The summed E-state index contributed by atoms with van der Waals surface area (Å²) in [7, 11) is 0. The molecular weight excluding hydrogens is 604 g/mol. The van der Waals surface area contributed by atoms with Crippen molar-refractivity contribution in [3.05, 3.63) is 135 Å². The number of aliphatic hydroxyl groups is 2. The van der Waals surface area contributed by atoms with E-state index in [0.717, 1.165) is 35.3 Å². The average molecular weight is 639 g/mol. The average Bonchev–Trinajstić information content (AvgIpc) is 3.35. The van der Waals surface area contributed by atoms with E-state index < -0.39 is 11.9 Å². The highest BCUT2D eigenvalue weighted by atomic mass is 35.5. The number of amides is 2. The van der Waals surface area contributed by atoms with Crippen LogP contribution in [-0.4, -0.2) is 52.7 Å². The molecule has 3 heterocycles. The second-order valence-corrected chi connectivity index (χ2v) is 12.7. The molecule has 46 heavy (non-hydrogen) atoms. The third-order valence-electron chi connectivity index (χ3n) is 9.36. The summed E-state index contributed by atoms with van der Waals surface area (Å²) in [6.07, 6.45) is 0.773. The van der Waals surface area contributed by atoms with Crippen LogP contribution in [0.2, 0.25) is 5.02 Å². The Morgan fingerprint density at radius 1 is 0.783 bits per heavy atom. The summed E-state index contributed by atoms with van der Waals surface area (Å²) < 4.78 is 13.1. The van der Waals surface area contributed by atoms with Crippen LogP contribution in [-0.2, 0) is 21.7 Å². The molecule has 236 valence electrons. The van der Waals surface area contributed by atoms with Crippen LogP contribution in [0.3, 0.4) is 0 Å². The number of nitrogens with zero attached hydrogens (tertiary/aromatic N) is 2. The maximum atomic E-state index is 13.0.